The number of hydrogen-bond donors (Lipinski definition) is 2. The van der Waals surface area contributed by atoms with Crippen molar-refractivity contribution in [2.75, 3.05) is 23.3 Å². The fourth-order valence-corrected chi connectivity index (χ4v) is 3.54. The van der Waals surface area contributed by atoms with Gasteiger partial charge < -0.3 is 20.1 Å². The van der Waals surface area contributed by atoms with Crippen LogP contribution in [0, 0.1) is 5.82 Å². The number of nitrogens with one attached hydrogen (secondary N) is 2. The zero-order valence-electron chi connectivity index (χ0n) is 15.2. The minimum absolute atomic E-state index is 0.0756. The monoisotopic (exact) mass is 367 g/mol. The number of hydrogen-bond acceptors (Lipinski definition) is 3. The van der Waals surface area contributed by atoms with E-state index >= 15 is 0 Å². The number of para-hydroxylation sites is 1. The Morgan fingerprint density at radius 3 is 2.74 bits per heavy atom. The minimum Gasteiger partial charge on any atom is -0.369 e. The number of urea groups is 1. The average Bonchev–Trinajstić information content (AvgIpc) is 3.03. The molecule has 7 heteroatoms. The zero-order valence-corrected chi connectivity index (χ0v) is 15.2. The van der Waals surface area contributed by atoms with Crippen LogP contribution in [0.3, 0.4) is 0 Å². The SMILES string of the molecule is Cn1cnc2cc(NC(=O)NC3CCN(c4ccccc4F)CC3)ccc21. The van der Waals surface area contributed by atoms with Crippen LogP contribution in [0.15, 0.2) is 48.8 Å². The van der Waals surface area contributed by atoms with Crippen molar-refractivity contribution < 1.29 is 9.18 Å². The van der Waals surface area contributed by atoms with E-state index in [0.717, 1.165) is 23.9 Å². The number of nitrogens with zero attached hydrogens (tertiary/aromatic N) is 3. The second-order valence-corrected chi connectivity index (χ2v) is 6.87. The lowest BCUT2D eigenvalue weighted by Gasteiger charge is -2.34. The molecule has 1 fully saturated rings. The van der Waals surface area contributed by atoms with E-state index < -0.39 is 0 Å². The summed E-state index contributed by atoms with van der Waals surface area (Å²) in [6.45, 7) is 1.43. The van der Waals surface area contributed by atoms with Crippen LogP contribution in [0.5, 0.6) is 0 Å². The molecular weight excluding hydrogens is 345 g/mol. The lowest BCUT2D eigenvalue weighted by atomic mass is 10.0. The summed E-state index contributed by atoms with van der Waals surface area (Å²) in [5.74, 6) is -0.202. The van der Waals surface area contributed by atoms with Gasteiger partial charge in [0.15, 0.2) is 0 Å². The molecule has 27 heavy (non-hydrogen) atoms. The van der Waals surface area contributed by atoms with Gasteiger partial charge in [-0.25, -0.2) is 14.2 Å². The maximum absolute atomic E-state index is 13.9. The molecule has 2 N–H and O–H groups in total. The third-order valence-corrected chi connectivity index (χ3v) is 5.01. The highest BCUT2D eigenvalue weighted by molar-refractivity contribution is 5.92. The first kappa shape index (κ1) is 17.3. The van der Waals surface area contributed by atoms with Gasteiger partial charge in [0.25, 0.3) is 0 Å². The third-order valence-electron chi connectivity index (χ3n) is 5.01. The molecule has 1 saturated heterocycles. The van der Waals surface area contributed by atoms with Crippen LogP contribution in [-0.4, -0.2) is 34.7 Å². The zero-order chi connectivity index (χ0) is 18.8. The molecule has 0 saturated carbocycles. The molecule has 0 unspecified atom stereocenters. The van der Waals surface area contributed by atoms with Crippen molar-refractivity contribution in [2.24, 2.45) is 7.05 Å². The van der Waals surface area contributed by atoms with Crippen LogP contribution in [-0.2, 0) is 7.05 Å². The van der Waals surface area contributed by atoms with E-state index in [1.165, 1.54) is 6.07 Å². The Bertz CT molecular complexity index is 962. The maximum atomic E-state index is 13.9. The van der Waals surface area contributed by atoms with Gasteiger partial charge in [0, 0.05) is 31.9 Å². The Kier molecular flexibility index (Phi) is 4.66. The number of aryl methyl sites for hydroxylation is 1. The van der Waals surface area contributed by atoms with Gasteiger partial charge in [0.1, 0.15) is 5.82 Å². The number of carbonyl (C=O) groups excluding carboxylic acids is 1. The van der Waals surface area contributed by atoms with Crippen molar-refractivity contribution in [3.8, 4) is 0 Å². The maximum Gasteiger partial charge on any atom is 0.319 e. The number of anilines is 2. The highest BCUT2D eigenvalue weighted by Crippen LogP contribution is 2.23. The first-order valence-corrected chi connectivity index (χ1v) is 9.08. The van der Waals surface area contributed by atoms with Gasteiger partial charge in [-0.1, -0.05) is 12.1 Å². The van der Waals surface area contributed by atoms with Gasteiger partial charge in [-0.05, 0) is 43.2 Å². The molecule has 140 valence electrons. The largest absolute Gasteiger partial charge is 0.369 e. The summed E-state index contributed by atoms with van der Waals surface area (Å²) in [6, 6.07) is 12.3. The quantitative estimate of drug-likeness (QED) is 0.745. The van der Waals surface area contributed by atoms with Crippen LogP contribution >= 0.6 is 0 Å². The summed E-state index contributed by atoms with van der Waals surface area (Å²) in [4.78, 5) is 18.6. The van der Waals surface area contributed by atoms with E-state index in [9.17, 15) is 9.18 Å². The summed E-state index contributed by atoms with van der Waals surface area (Å²) < 4.78 is 15.8. The highest BCUT2D eigenvalue weighted by atomic mass is 19.1. The molecule has 6 nitrogen and oxygen atoms in total. The van der Waals surface area contributed by atoms with E-state index in [2.05, 4.69) is 15.6 Å². The van der Waals surface area contributed by atoms with Gasteiger partial charge in [-0.3, -0.25) is 0 Å². The number of rotatable bonds is 3. The Hall–Kier alpha value is -3.09. The molecule has 0 bridgehead atoms. The fraction of sp³-hybridized carbons (Fsp3) is 0.300. The van der Waals surface area contributed by atoms with E-state index in [4.69, 9.17) is 0 Å². The van der Waals surface area contributed by atoms with E-state index in [0.29, 0.717) is 24.5 Å². The van der Waals surface area contributed by atoms with Crippen molar-refractivity contribution in [3.63, 3.8) is 0 Å². The number of amides is 2. The molecule has 1 aromatic heterocycles. The predicted octanol–water partition coefficient (Wildman–Crippen LogP) is 3.50. The Morgan fingerprint density at radius 1 is 1.19 bits per heavy atom. The number of carbonyl (C=O) groups is 1. The topological polar surface area (TPSA) is 62.2 Å². The molecular formula is C20H22FN5O. The Labute approximate surface area is 157 Å². The van der Waals surface area contributed by atoms with Gasteiger partial charge in [-0.2, -0.15) is 0 Å². The first-order valence-electron chi connectivity index (χ1n) is 9.08. The second kappa shape index (κ2) is 7.26. The van der Waals surface area contributed by atoms with Gasteiger partial charge >= 0.3 is 6.03 Å². The van der Waals surface area contributed by atoms with E-state index in [1.54, 1.807) is 18.5 Å². The van der Waals surface area contributed by atoms with Crippen molar-refractivity contribution in [3.05, 3.63) is 54.6 Å². The summed E-state index contributed by atoms with van der Waals surface area (Å²) in [6.07, 6.45) is 3.31. The van der Waals surface area contributed by atoms with Crippen molar-refractivity contribution in [1.29, 1.82) is 0 Å². The normalized spacial score (nSPS) is 15.1. The van der Waals surface area contributed by atoms with Crippen molar-refractivity contribution in [2.45, 2.75) is 18.9 Å². The summed E-state index contributed by atoms with van der Waals surface area (Å²) in [5, 5.41) is 5.88. The number of aromatic nitrogens is 2. The molecule has 2 amide bonds. The lowest BCUT2D eigenvalue weighted by molar-refractivity contribution is 0.246. The standard InChI is InChI=1S/C20H22FN5O/c1-25-13-22-17-12-15(6-7-19(17)25)24-20(27)23-14-8-10-26(11-9-14)18-5-3-2-4-16(18)21/h2-7,12-14H,8-11H2,1H3,(H2,23,24,27). The molecule has 4 rings (SSSR count). The molecule has 2 heterocycles. The van der Waals surface area contributed by atoms with Crippen LogP contribution in [0.1, 0.15) is 12.8 Å². The molecule has 0 radical (unpaired) electrons. The third kappa shape index (κ3) is 3.72. The van der Waals surface area contributed by atoms with Crippen molar-refractivity contribution in [1.82, 2.24) is 14.9 Å². The molecule has 1 aliphatic rings. The molecule has 0 spiro atoms. The molecule has 1 aliphatic heterocycles. The minimum atomic E-state index is -0.227. The number of fused-ring (bicyclic) bond motifs is 1. The smallest absolute Gasteiger partial charge is 0.319 e. The highest BCUT2D eigenvalue weighted by Gasteiger charge is 2.22. The molecule has 3 aromatic rings. The first-order chi connectivity index (χ1) is 13.1. The van der Waals surface area contributed by atoms with Crippen LogP contribution in [0.2, 0.25) is 0 Å². The van der Waals surface area contributed by atoms with E-state index in [1.807, 2.05) is 40.8 Å². The average molecular weight is 367 g/mol. The summed E-state index contributed by atoms with van der Waals surface area (Å²) in [7, 11) is 1.93. The lowest BCUT2D eigenvalue weighted by Crippen LogP contribution is -2.46. The summed E-state index contributed by atoms with van der Waals surface area (Å²) in [5.41, 5.74) is 3.20. The van der Waals surface area contributed by atoms with Gasteiger partial charge in [0.05, 0.1) is 23.0 Å². The van der Waals surface area contributed by atoms with E-state index in [-0.39, 0.29) is 17.9 Å². The van der Waals surface area contributed by atoms with Crippen LogP contribution in [0.25, 0.3) is 11.0 Å². The number of halogens is 1. The fourth-order valence-electron chi connectivity index (χ4n) is 3.54. The number of imidazole rings is 1. The second-order valence-electron chi connectivity index (χ2n) is 6.87. The predicted molar refractivity (Wildman–Crippen MR) is 105 cm³/mol. The molecule has 0 atom stereocenters. The van der Waals surface area contributed by atoms with Crippen LogP contribution in [0.4, 0.5) is 20.6 Å². The Morgan fingerprint density at radius 2 is 1.96 bits per heavy atom. The Balaban J connectivity index is 1.32. The number of piperidine rings is 1. The molecule has 0 aliphatic carbocycles. The van der Waals surface area contributed by atoms with Gasteiger partial charge in [-0.15, -0.1) is 0 Å². The van der Waals surface area contributed by atoms with Crippen LogP contribution < -0.4 is 15.5 Å². The van der Waals surface area contributed by atoms with Gasteiger partial charge in [0.2, 0.25) is 0 Å². The molecule has 2 aromatic carbocycles. The summed E-state index contributed by atoms with van der Waals surface area (Å²) >= 11 is 0. The van der Waals surface area contributed by atoms with Crippen molar-refractivity contribution >= 4 is 28.4 Å². The number of benzene rings is 2.